The number of para-hydroxylation sites is 2. The van der Waals surface area contributed by atoms with Crippen LogP contribution in [0, 0.1) is 13.8 Å². The van der Waals surface area contributed by atoms with Crippen LogP contribution in [0.5, 0.6) is 11.5 Å². The molecule has 5 rings (SSSR count). The summed E-state index contributed by atoms with van der Waals surface area (Å²) in [5.74, 6) is 2.68. The molecule has 1 saturated heterocycles. The Morgan fingerprint density at radius 2 is 1.88 bits per heavy atom. The highest BCUT2D eigenvalue weighted by atomic mass is 16.5. The molecule has 1 fully saturated rings. The van der Waals surface area contributed by atoms with Crippen LogP contribution >= 0.6 is 0 Å². The molecule has 0 radical (unpaired) electrons. The number of rotatable bonds is 7. The summed E-state index contributed by atoms with van der Waals surface area (Å²) >= 11 is 0. The first-order chi connectivity index (χ1) is 16.5. The third kappa shape index (κ3) is 4.23. The number of benzene rings is 3. The number of hydrogen-bond donors (Lipinski definition) is 0. The highest BCUT2D eigenvalue weighted by molar-refractivity contribution is 5.96. The molecule has 6 heteroatoms. The van der Waals surface area contributed by atoms with Crippen molar-refractivity contribution in [3.8, 4) is 11.5 Å². The summed E-state index contributed by atoms with van der Waals surface area (Å²) in [7, 11) is 1.64. The predicted octanol–water partition coefficient (Wildman–Crippen LogP) is 5.26. The van der Waals surface area contributed by atoms with E-state index in [-0.39, 0.29) is 11.8 Å². The van der Waals surface area contributed by atoms with Gasteiger partial charge in [0.05, 0.1) is 24.7 Å². The molecule has 34 heavy (non-hydrogen) atoms. The van der Waals surface area contributed by atoms with E-state index in [1.54, 1.807) is 7.11 Å². The highest BCUT2D eigenvalue weighted by Gasteiger charge is 2.35. The molecular weight excluding hydrogens is 426 g/mol. The van der Waals surface area contributed by atoms with Crippen molar-refractivity contribution in [1.29, 1.82) is 0 Å². The molecule has 1 atom stereocenters. The summed E-state index contributed by atoms with van der Waals surface area (Å²) in [6.07, 6.45) is 0.429. The second-order valence-electron chi connectivity index (χ2n) is 8.83. The number of fused-ring (bicyclic) bond motifs is 1. The lowest BCUT2D eigenvalue weighted by atomic mass is 10.1. The molecule has 1 amide bonds. The average Bonchev–Trinajstić information content (AvgIpc) is 3.41. The molecule has 174 valence electrons. The van der Waals surface area contributed by atoms with Crippen LogP contribution in [0.1, 0.15) is 29.3 Å². The zero-order valence-electron chi connectivity index (χ0n) is 19.8. The van der Waals surface area contributed by atoms with Crippen molar-refractivity contribution in [1.82, 2.24) is 9.55 Å². The summed E-state index contributed by atoms with van der Waals surface area (Å²) in [6.45, 7) is 5.92. The standard InChI is InChI=1S/C28H29N3O3/c1-19-11-12-26(20(2)15-19)34-14-13-30-25-10-5-4-9-24(25)29-28(30)21-16-27(32)31(18-21)22-7-6-8-23(17-22)33-3/h4-12,15,17,21H,13-14,16,18H2,1-3H3/t21-/m0/s1. The molecule has 1 aliphatic rings. The van der Waals surface area contributed by atoms with E-state index in [2.05, 4.69) is 36.6 Å². The van der Waals surface area contributed by atoms with Gasteiger partial charge in [-0.3, -0.25) is 4.79 Å². The van der Waals surface area contributed by atoms with Crippen molar-refractivity contribution >= 4 is 22.6 Å². The lowest BCUT2D eigenvalue weighted by molar-refractivity contribution is -0.117. The lowest BCUT2D eigenvalue weighted by Crippen LogP contribution is -2.24. The van der Waals surface area contributed by atoms with Crippen LogP contribution in [0.4, 0.5) is 5.69 Å². The number of anilines is 1. The number of imidazole rings is 1. The van der Waals surface area contributed by atoms with Gasteiger partial charge in [0.25, 0.3) is 0 Å². The molecule has 0 unspecified atom stereocenters. The number of ether oxygens (including phenoxy) is 2. The van der Waals surface area contributed by atoms with Crippen LogP contribution in [0.3, 0.4) is 0 Å². The zero-order valence-corrected chi connectivity index (χ0v) is 19.8. The van der Waals surface area contributed by atoms with Gasteiger partial charge in [-0.2, -0.15) is 0 Å². The van der Waals surface area contributed by atoms with E-state index in [1.165, 1.54) is 5.56 Å². The maximum Gasteiger partial charge on any atom is 0.227 e. The van der Waals surface area contributed by atoms with Crippen molar-refractivity contribution in [3.63, 3.8) is 0 Å². The van der Waals surface area contributed by atoms with Gasteiger partial charge in [0.15, 0.2) is 0 Å². The zero-order chi connectivity index (χ0) is 23.7. The molecule has 2 heterocycles. The molecule has 6 nitrogen and oxygen atoms in total. The Balaban J connectivity index is 1.40. The number of carbonyl (C=O) groups excluding carboxylic acids is 1. The predicted molar refractivity (Wildman–Crippen MR) is 134 cm³/mol. The second kappa shape index (κ2) is 9.21. The Morgan fingerprint density at radius 3 is 2.71 bits per heavy atom. The second-order valence-corrected chi connectivity index (χ2v) is 8.83. The molecule has 0 aliphatic carbocycles. The number of hydrogen-bond acceptors (Lipinski definition) is 4. The maximum absolute atomic E-state index is 13.0. The van der Waals surface area contributed by atoms with Crippen LogP contribution in [0.15, 0.2) is 66.7 Å². The normalized spacial score (nSPS) is 15.8. The molecule has 1 aromatic heterocycles. The summed E-state index contributed by atoms with van der Waals surface area (Å²) in [4.78, 5) is 19.8. The lowest BCUT2D eigenvalue weighted by Gasteiger charge is -2.18. The van der Waals surface area contributed by atoms with Gasteiger partial charge >= 0.3 is 0 Å². The van der Waals surface area contributed by atoms with Gasteiger partial charge in [0.1, 0.15) is 23.9 Å². The first kappa shape index (κ1) is 22.0. The minimum absolute atomic E-state index is 0.00668. The molecule has 0 N–H and O–H groups in total. The topological polar surface area (TPSA) is 56.6 Å². The largest absolute Gasteiger partial charge is 0.497 e. The fourth-order valence-electron chi connectivity index (χ4n) is 4.76. The Hall–Kier alpha value is -3.80. The summed E-state index contributed by atoms with van der Waals surface area (Å²) < 4.78 is 13.7. The van der Waals surface area contributed by atoms with Gasteiger partial charge in [0, 0.05) is 30.6 Å². The molecular formula is C28H29N3O3. The van der Waals surface area contributed by atoms with E-state index in [0.717, 1.165) is 39.6 Å². The van der Waals surface area contributed by atoms with E-state index in [9.17, 15) is 4.79 Å². The third-order valence-corrected chi connectivity index (χ3v) is 6.44. The third-order valence-electron chi connectivity index (χ3n) is 6.44. The number of amides is 1. The van der Waals surface area contributed by atoms with E-state index in [0.29, 0.717) is 26.1 Å². The van der Waals surface area contributed by atoms with Crippen LogP contribution in [-0.2, 0) is 11.3 Å². The van der Waals surface area contributed by atoms with Gasteiger partial charge in [0.2, 0.25) is 5.91 Å². The number of aryl methyl sites for hydroxylation is 2. The van der Waals surface area contributed by atoms with E-state index in [4.69, 9.17) is 14.5 Å². The van der Waals surface area contributed by atoms with Crippen LogP contribution in [0.2, 0.25) is 0 Å². The van der Waals surface area contributed by atoms with Gasteiger partial charge in [-0.1, -0.05) is 35.9 Å². The average molecular weight is 456 g/mol. The smallest absolute Gasteiger partial charge is 0.227 e. The molecule has 0 bridgehead atoms. The highest BCUT2D eigenvalue weighted by Crippen LogP contribution is 2.34. The molecule has 0 saturated carbocycles. The summed E-state index contributed by atoms with van der Waals surface area (Å²) in [5.41, 5.74) is 5.21. The van der Waals surface area contributed by atoms with Crippen molar-refractivity contribution in [2.45, 2.75) is 32.7 Å². The Labute approximate surface area is 199 Å². The van der Waals surface area contributed by atoms with Crippen LogP contribution in [0.25, 0.3) is 11.0 Å². The quantitative estimate of drug-likeness (QED) is 0.381. The van der Waals surface area contributed by atoms with Crippen molar-refractivity contribution in [2.75, 3.05) is 25.2 Å². The van der Waals surface area contributed by atoms with Gasteiger partial charge < -0.3 is 18.9 Å². The van der Waals surface area contributed by atoms with Gasteiger partial charge in [-0.15, -0.1) is 0 Å². The minimum Gasteiger partial charge on any atom is -0.497 e. The fourth-order valence-corrected chi connectivity index (χ4v) is 4.76. The first-order valence-electron chi connectivity index (χ1n) is 11.6. The first-order valence-corrected chi connectivity index (χ1v) is 11.6. The van der Waals surface area contributed by atoms with Gasteiger partial charge in [-0.05, 0) is 49.7 Å². The van der Waals surface area contributed by atoms with Crippen molar-refractivity contribution in [3.05, 3.63) is 83.7 Å². The number of aromatic nitrogens is 2. The number of methoxy groups -OCH3 is 1. The van der Waals surface area contributed by atoms with Crippen molar-refractivity contribution < 1.29 is 14.3 Å². The molecule has 4 aromatic rings. The minimum atomic E-state index is 0.00668. The number of nitrogens with zero attached hydrogens (tertiary/aromatic N) is 3. The monoisotopic (exact) mass is 455 g/mol. The van der Waals surface area contributed by atoms with E-state index >= 15 is 0 Å². The van der Waals surface area contributed by atoms with E-state index < -0.39 is 0 Å². The van der Waals surface area contributed by atoms with Crippen LogP contribution < -0.4 is 14.4 Å². The SMILES string of the molecule is COc1cccc(N2C[C@@H](c3nc4ccccc4n3CCOc3ccc(C)cc3C)CC2=O)c1. The molecule has 1 aliphatic heterocycles. The molecule has 0 spiro atoms. The van der Waals surface area contributed by atoms with E-state index in [1.807, 2.05) is 53.4 Å². The van der Waals surface area contributed by atoms with Crippen LogP contribution in [-0.4, -0.2) is 35.7 Å². The Kier molecular flexibility index (Phi) is 5.97. The van der Waals surface area contributed by atoms with Gasteiger partial charge in [-0.25, -0.2) is 4.98 Å². The van der Waals surface area contributed by atoms with Crippen molar-refractivity contribution in [2.24, 2.45) is 0 Å². The Bertz CT molecular complexity index is 1340. The summed E-state index contributed by atoms with van der Waals surface area (Å²) in [5, 5.41) is 0. The summed E-state index contributed by atoms with van der Waals surface area (Å²) in [6, 6.07) is 22.0. The Morgan fingerprint density at radius 1 is 1.03 bits per heavy atom. The fraction of sp³-hybridized carbons (Fsp3) is 0.286. The molecule has 3 aromatic carbocycles. The number of carbonyl (C=O) groups is 1. The maximum atomic E-state index is 13.0.